The van der Waals surface area contributed by atoms with Crippen molar-refractivity contribution in [2.24, 2.45) is 5.92 Å². The van der Waals surface area contributed by atoms with Crippen LogP contribution in [0.1, 0.15) is 70.3 Å². The van der Waals surface area contributed by atoms with Gasteiger partial charge in [-0.1, -0.05) is 13.8 Å². The topological polar surface area (TPSA) is 75.3 Å². The van der Waals surface area contributed by atoms with Gasteiger partial charge in [0.25, 0.3) is 5.91 Å². The van der Waals surface area contributed by atoms with Crippen molar-refractivity contribution in [1.82, 2.24) is 9.47 Å². The van der Waals surface area contributed by atoms with Crippen LogP contribution in [-0.2, 0) is 20.9 Å². The molecule has 6 heteroatoms. The molecule has 2 rings (SSSR count). The van der Waals surface area contributed by atoms with Crippen molar-refractivity contribution in [2.75, 3.05) is 6.61 Å². The molecule has 0 unspecified atom stereocenters. The number of aryl methyl sites for hydroxylation is 1. The second kappa shape index (κ2) is 10.5. The zero-order chi connectivity index (χ0) is 22.4. The highest BCUT2D eigenvalue weighted by atomic mass is 16.5. The van der Waals surface area contributed by atoms with Crippen molar-refractivity contribution in [3.8, 4) is 6.07 Å². The third-order valence-electron chi connectivity index (χ3n) is 5.99. The molecule has 1 aliphatic rings. The number of amides is 1. The minimum atomic E-state index is -0.754. The SMILES string of the molecule is Cc1cc(/C=C(\C#N)C(=O)OCC(=O)N2[C@@H](C)CCC[C@@H]2C)c(C)n1CCC(C)C. The predicted octanol–water partition coefficient (Wildman–Crippen LogP) is 4.39. The van der Waals surface area contributed by atoms with Crippen LogP contribution in [0.5, 0.6) is 0 Å². The normalized spacial score (nSPS) is 19.7. The van der Waals surface area contributed by atoms with Gasteiger partial charge in [-0.25, -0.2) is 4.79 Å². The van der Waals surface area contributed by atoms with Crippen LogP contribution in [-0.4, -0.2) is 40.0 Å². The molecular formula is C24H35N3O3. The number of ether oxygens (including phenoxy) is 1. The molecule has 1 aromatic rings. The molecule has 2 atom stereocenters. The summed E-state index contributed by atoms with van der Waals surface area (Å²) in [7, 11) is 0. The minimum Gasteiger partial charge on any atom is -0.451 e. The van der Waals surface area contributed by atoms with Gasteiger partial charge < -0.3 is 14.2 Å². The summed E-state index contributed by atoms with van der Waals surface area (Å²) in [5.41, 5.74) is 2.84. The fourth-order valence-corrected chi connectivity index (χ4v) is 4.19. The average Bonchev–Trinajstić information content (AvgIpc) is 2.95. The smallest absolute Gasteiger partial charge is 0.349 e. The Morgan fingerprint density at radius 1 is 1.27 bits per heavy atom. The van der Waals surface area contributed by atoms with Crippen molar-refractivity contribution in [2.45, 2.75) is 85.9 Å². The molecule has 0 radical (unpaired) electrons. The zero-order valence-electron chi connectivity index (χ0n) is 19.2. The van der Waals surface area contributed by atoms with E-state index in [0.29, 0.717) is 5.92 Å². The van der Waals surface area contributed by atoms with Gasteiger partial charge in [0.15, 0.2) is 6.61 Å². The molecule has 2 heterocycles. The number of rotatable bonds is 7. The highest BCUT2D eigenvalue weighted by Crippen LogP contribution is 2.23. The summed E-state index contributed by atoms with van der Waals surface area (Å²) in [6.07, 6.45) is 5.64. The highest BCUT2D eigenvalue weighted by Gasteiger charge is 2.29. The lowest BCUT2D eigenvalue weighted by Crippen LogP contribution is -2.49. The van der Waals surface area contributed by atoms with Crippen LogP contribution in [0.3, 0.4) is 0 Å². The van der Waals surface area contributed by atoms with Gasteiger partial charge in [-0.15, -0.1) is 0 Å². The maximum Gasteiger partial charge on any atom is 0.349 e. The van der Waals surface area contributed by atoms with Crippen LogP contribution in [0.15, 0.2) is 11.6 Å². The third kappa shape index (κ3) is 5.75. The molecule has 0 spiro atoms. The van der Waals surface area contributed by atoms with Crippen LogP contribution < -0.4 is 0 Å². The highest BCUT2D eigenvalue weighted by molar-refractivity contribution is 5.99. The molecule has 1 aromatic heterocycles. The third-order valence-corrected chi connectivity index (χ3v) is 5.99. The molecular weight excluding hydrogens is 378 g/mol. The largest absolute Gasteiger partial charge is 0.451 e. The molecule has 6 nitrogen and oxygen atoms in total. The fraction of sp³-hybridized carbons (Fsp3) is 0.625. The number of likely N-dealkylation sites (tertiary alicyclic amines) is 1. The first kappa shape index (κ1) is 23.7. The summed E-state index contributed by atoms with van der Waals surface area (Å²) in [5.74, 6) is -0.361. The first-order valence-electron chi connectivity index (χ1n) is 10.9. The molecule has 0 aromatic carbocycles. The number of nitriles is 1. The number of hydrogen-bond acceptors (Lipinski definition) is 4. The molecule has 1 aliphatic heterocycles. The van der Waals surface area contributed by atoms with E-state index < -0.39 is 5.97 Å². The Hall–Kier alpha value is -2.55. The summed E-state index contributed by atoms with van der Waals surface area (Å²) in [6.45, 7) is 13.0. The monoisotopic (exact) mass is 413 g/mol. The van der Waals surface area contributed by atoms with E-state index in [1.54, 1.807) is 11.0 Å². The lowest BCUT2D eigenvalue weighted by atomic mass is 9.97. The maximum atomic E-state index is 12.6. The zero-order valence-corrected chi connectivity index (χ0v) is 19.2. The van der Waals surface area contributed by atoms with E-state index in [1.807, 2.05) is 39.8 Å². The number of nitrogens with zero attached hydrogens (tertiary/aromatic N) is 3. The van der Waals surface area contributed by atoms with E-state index in [9.17, 15) is 14.9 Å². The van der Waals surface area contributed by atoms with E-state index in [4.69, 9.17) is 4.74 Å². The Balaban J connectivity index is 2.07. The molecule has 0 bridgehead atoms. The Kier molecular flexibility index (Phi) is 8.28. The first-order chi connectivity index (χ1) is 14.1. The average molecular weight is 414 g/mol. The Morgan fingerprint density at radius 2 is 1.90 bits per heavy atom. The first-order valence-corrected chi connectivity index (χ1v) is 10.9. The number of piperidine rings is 1. The van der Waals surface area contributed by atoms with Gasteiger partial charge in [-0.3, -0.25) is 4.79 Å². The predicted molar refractivity (Wildman–Crippen MR) is 118 cm³/mol. The number of carbonyl (C=O) groups excluding carboxylic acids is 2. The molecule has 1 amide bonds. The van der Waals surface area contributed by atoms with Crippen molar-refractivity contribution in [3.63, 3.8) is 0 Å². The minimum absolute atomic E-state index is 0.0911. The van der Waals surface area contributed by atoms with Gasteiger partial charge in [0.2, 0.25) is 0 Å². The van der Waals surface area contributed by atoms with Crippen LogP contribution in [0, 0.1) is 31.1 Å². The van der Waals surface area contributed by atoms with Gasteiger partial charge in [0.1, 0.15) is 11.6 Å². The Bertz CT molecular complexity index is 835. The lowest BCUT2D eigenvalue weighted by Gasteiger charge is -2.38. The summed E-state index contributed by atoms with van der Waals surface area (Å²) in [5, 5.41) is 9.48. The van der Waals surface area contributed by atoms with E-state index in [1.165, 1.54) is 0 Å². The number of esters is 1. The second-order valence-electron chi connectivity index (χ2n) is 8.84. The van der Waals surface area contributed by atoms with Crippen molar-refractivity contribution in [3.05, 3.63) is 28.6 Å². The summed E-state index contributed by atoms with van der Waals surface area (Å²) in [4.78, 5) is 26.8. The van der Waals surface area contributed by atoms with Gasteiger partial charge in [-0.2, -0.15) is 5.26 Å². The number of hydrogen-bond donors (Lipinski definition) is 0. The molecule has 0 N–H and O–H groups in total. The lowest BCUT2D eigenvalue weighted by molar-refractivity contribution is -0.151. The van der Waals surface area contributed by atoms with Gasteiger partial charge >= 0.3 is 5.97 Å². The Labute approximate surface area is 180 Å². The van der Waals surface area contributed by atoms with Crippen molar-refractivity contribution < 1.29 is 14.3 Å². The second-order valence-corrected chi connectivity index (χ2v) is 8.84. The maximum absolute atomic E-state index is 12.6. The van der Waals surface area contributed by atoms with Crippen molar-refractivity contribution >= 4 is 18.0 Å². The molecule has 30 heavy (non-hydrogen) atoms. The number of carbonyl (C=O) groups is 2. The summed E-state index contributed by atoms with van der Waals surface area (Å²) >= 11 is 0. The molecule has 1 fully saturated rings. The molecule has 0 saturated carbocycles. The van der Waals surface area contributed by atoms with Gasteiger partial charge in [-0.05, 0) is 77.0 Å². The van der Waals surface area contributed by atoms with E-state index in [-0.39, 0.29) is 30.2 Å². The van der Waals surface area contributed by atoms with Crippen LogP contribution in [0.4, 0.5) is 0 Å². The quantitative estimate of drug-likeness (QED) is 0.377. The molecule has 0 aliphatic carbocycles. The Morgan fingerprint density at radius 3 is 2.47 bits per heavy atom. The van der Waals surface area contributed by atoms with E-state index >= 15 is 0 Å². The van der Waals surface area contributed by atoms with Gasteiger partial charge in [0, 0.05) is 30.0 Å². The van der Waals surface area contributed by atoms with Crippen molar-refractivity contribution in [1.29, 1.82) is 5.26 Å². The van der Waals surface area contributed by atoms with E-state index in [0.717, 1.165) is 49.2 Å². The van der Waals surface area contributed by atoms with Crippen LogP contribution in [0.2, 0.25) is 0 Å². The van der Waals surface area contributed by atoms with Gasteiger partial charge in [0.05, 0.1) is 0 Å². The standard InChI is InChI=1S/C24H35N3O3/c1-16(2)10-11-26-19(5)12-21(20(26)6)13-22(14-25)24(29)30-15-23(28)27-17(3)8-7-9-18(27)4/h12-13,16-18H,7-11,15H2,1-6H3/b22-13+/t17-,18-/m0/s1. The molecule has 164 valence electrons. The van der Waals surface area contributed by atoms with Crippen LogP contribution >= 0.6 is 0 Å². The summed E-state index contributed by atoms with van der Waals surface area (Å²) in [6, 6.07) is 4.19. The van der Waals surface area contributed by atoms with E-state index in [2.05, 4.69) is 18.4 Å². The number of aromatic nitrogens is 1. The summed E-state index contributed by atoms with van der Waals surface area (Å²) < 4.78 is 7.41. The molecule has 1 saturated heterocycles. The fourth-order valence-electron chi connectivity index (χ4n) is 4.19. The van der Waals surface area contributed by atoms with Crippen LogP contribution in [0.25, 0.3) is 6.08 Å².